The van der Waals surface area contributed by atoms with Crippen LogP contribution in [0.15, 0.2) is 0 Å². The third-order valence-corrected chi connectivity index (χ3v) is 5.07. The molecule has 146 valence electrons. The minimum atomic E-state index is 0. The molecule has 3 N–H and O–H groups in total. The lowest BCUT2D eigenvalue weighted by Gasteiger charge is -2.17. The molecule has 25 heavy (non-hydrogen) atoms. The summed E-state index contributed by atoms with van der Waals surface area (Å²) in [5.74, 6) is 0.561. The molecule has 1 rings (SSSR count). The lowest BCUT2D eigenvalue weighted by molar-refractivity contribution is 0.451. The molecular formula is C21H38ClNO2. The highest BCUT2D eigenvalue weighted by Crippen LogP contribution is 2.39. The van der Waals surface area contributed by atoms with Gasteiger partial charge in [0.2, 0.25) is 0 Å². The van der Waals surface area contributed by atoms with Crippen LogP contribution in [-0.2, 0) is 0 Å². The molecule has 1 aromatic carbocycles. The van der Waals surface area contributed by atoms with E-state index < -0.39 is 0 Å². The zero-order chi connectivity index (χ0) is 17.9. The number of hydrogen-bond donors (Lipinski definition) is 3. The third-order valence-electron chi connectivity index (χ3n) is 5.07. The Hall–Kier alpha value is -1.09. The number of halogens is 1. The molecule has 0 unspecified atom stereocenters. The maximum absolute atomic E-state index is 10.3. The molecule has 3 nitrogen and oxygen atoms in total. The second kappa shape index (κ2) is 13.2. The predicted octanol–water partition coefficient (Wildman–Crippen LogP) is 6.78. The lowest BCUT2D eigenvalue weighted by Crippen LogP contribution is -2.05. The molecule has 0 fully saturated rings. The van der Waals surface area contributed by atoms with Crippen molar-refractivity contribution >= 4 is 18.1 Å². The fourth-order valence-corrected chi connectivity index (χ4v) is 3.16. The van der Waals surface area contributed by atoms with Gasteiger partial charge < -0.3 is 15.5 Å². The van der Waals surface area contributed by atoms with Crippen molar-refractivity contribution in [3.05, 3.63) is 16.7 Å². The number of hydrogen-bond acceptors (Lipinski definition) is 3. The second-order valence-electron chi connectivity index (χ2n) is 7.06. The van der Waals surface area contributed by atoms with E-state index >= 15 is 0 Å². The van der Waals surface area contributed by atoms with Gasteiger partial charge >= 0.3 is 0 Å². The van der Waals surface area contributed by atoms with Crippen LogP contribution in [0, 0.1) is 20.8 Å². The van der Waals surface area contributed by atoms with Crippen LogP contribution in [0.1, 0.15) is 87.8 Å². The van der Waals surface area contributed by atoms with Crippen molar-refractivity contribution in [1.82, 2.24) is 0 Å². The Morgan fingerprint density at radius 1 is 0.640 bits per heavy atom. The first-order valence-corrected chi connectivity index (χ1v) is 9.76. The maximum atomic E-state index is 10.3. The van der Waals surface area contributed by atoms with Crippen LogP contribution in [0.25, 0.3) is 0 Å². The van der Waals surface area contributed by atoms with E-state index in [0.29, 0.717) is 5.69 Å². The Morgan fingerprint density at radius 2 is 1.08 bits per heavy atom. The number of nitrogens with one attached hydrogen (secondary N) is 1. The van der Waals surface area contributed by atoms with E-state index in [0.717, 1.165) is 29.7 Å². The molecular weight excluding hydrogens is 334 g/mol. The minimum Gasteiger partial charge on any atom is -0.507 e. The first-order valence-electron chi connectivity index (χ1n) is 9.76. The number of rotatable bonds is 12. The summed E-state index contributed by atoms with van der Waals surface area (Å²) in [5.41, 5.74) is 2.94. The zero-order valence-corrected chi connectivity index (χ0v) is 17.4. The van der Waals surface area contributed by atoms with E-state index in [1.54, 1.807) is 0 Å². The molecule has 0 aliphatic heterocycles. The molecule has 0 spiro atoms. The zero-order valence-electron chi connectivity index (χ0n) is 16.6. The molecule has 0 atom stereocenters. The number of aromatic hydroxyl groups is 2. The van der Waals surface area contributed by atoms with Gasteiger partial charge in [0.15, 0.2) is 0 Å². The van der Waals surface area contributed by atoms with Crippen LogP contribution in [0.4, 0.5) is 5.69 Å². The van der Waals surface area contributed by atoms with Crippen molar-refractivity contribution in [2.75, 3.05) is 11.9 Å². The van der Waals surface area contributed by atoms with Crippen LogP contribution < -0.4 is 5.32 Å². The molecule has 0 bridgehead atoms. The van der Waals surface area contributed by atoms with Crippen LogP contribution >= 0.6 is 12.4 Å². The van der Waals surface area contributed by atoms with Crippen LogP contribution in [0.3, 0.4) is 0 Å². The topological polar surface area (TPSA) is 52.5 Å². The van der Waals surface area contributed by atoms with Gasteiger partial charge in [0.25, 0.3) is 0 Å². The summed E-state index contributed by atoms with van der Waals surface area (Å²) in [5, 5.41) is 23.7. The molecule has 0 saturated heterocycles. The normalized spacial score (nSPS) is 10.6. The van der Waals surface area contributed by atoms with Crippen LogP contribution in [0.2, 0.25) is 0 Å². The standard InChI is InChI=1S/C21H37NO2.ClH/c1-5-6-7-8-9-10-11-12-13-14-15-22-19-18(4)20(23)16(2)17(3)21(19)24;/h22-24H,5-15H2,1-4H3;1H. The van der Waals surface area contributed by atoms with Gasteiger partial charge in [-0.2, -0.15) is 0 Å². The molecule has 0 heterocycles. The van der Waals surface area contributed by atoms with E-state index in [1.807, 2.05) is 20.8 Å². The van der Waals surface area contributed by atoms with Crippen molar-refractivity contribution in [2.24, 2.45) is 0 Å². The summed E-state index contributed by atoms with van der Waals surface area (Å²) in [6, 6.07) is 0. The van der Waals surface area contributed by atoms with Crippen LogP contribution in [0.5, 0.6) is 11.5 Å². The second-order valence-corrected chi connectivity index (χ2v) is 7.06. The summed E-state index contributed by atoms with van der Waals surface area (Å²) in [7, 11) is 0. The lowest BCUT2D eigenvalue weighted by atomic mass is 10.0. The largest absolute Gasteiger partial charge is 0.507 e. The first kappa shape index (κ1) is 23.9. The molecule has 4 heteroatoms. The van der Waals surface area contributed by atoms with Crippen LogP contribution in [-0.4, -0.2) is 16.8 Å². The Labute approximate surface area is 160 Å². The Morgan fingerprint density at radius 3 is 1.60 bits per heavy atom. The fraction of sp³-hybridized carbons (Fsp3) is 0.714. The summed E-state index contributed by atoms with van der Waals surface area (Å²) < 4.78 is 0. The third kappa shape index (κ3) is 7.77. The molecule has 0 aliphatic carbocycles. The number of unbranched alkanes of at least 4 members (excludes halogenated alkanes) is 9. The van der Waals surface area contributed by atoms with Gasteiger partial charge in [-0.1, -0.05) is 64.7 Å². The molecule has 0 saturated carbocycles. The smallest absolute Gasteiger partial charge is 0.142 e. The number of phenols is 2. The molecule has 0 radical (unpaired) electrons. The number of benzene rings is 1. The maximum Gasteiger partial charge on any atom is 0.142 e. The fourth-order valence-electron chi connectivity index (χ4n) is 3.16. The van der Waals surface area contributed by atoms with Gasteiger partial charge in [-0.15, -0.1) is 12.4 Å². The Balaban J connectivity index is 0.00000576. The summed E-state index contributed by atoms with van der Waals surface area (Å²) >= 11 is 0. The monoisotopic (exact) mass is 371 g/mol. The van der Waals surface area contributed by atoms with Crippen molar-refractivity contribution in [2.45, 2.75) is 91.9 Å². The van der Waals surface area contributed by atoms with Crippen molar-refractivity contribution in [1.29, 1.82) is 0 Å². The quantitative estimate of drug-likeness (QED) is 0.215. The molecule has 0 aliphatic rings. The Bertz CT molecular complexity index is 474. The average molecular weight is 372 g/mol. The molecule has 0 aromatic heterocycles. The number of anilines is 1. The van der Waals surface area contributed by atoms with E-state index in [2.05, 4.69) is 12.2 Å². The summed E-state index contributed by atoms with van der Waals surface area (Å²) in [4.78, 5) is 0. The van der Waals surface area contributed by atoms with E-state index in [1.165, 1.54) is 57.8 Å². The summed E-state index contributed by atoms with van der Waals surface area (Å²) in [6.07, 6.45) is 13.2. The Kier molecular flexibility index (Phi) is 12.6. The van der Waals surface area contributed by atoms with E-state index in [9.17, 15) is 10.2 Å². The first-order chi connectivity index (χ1) is 11.5. The highest BCUT2D eigenvalue weighted by atomic mass is 35.5. The van der Waals surface area contributed by atoms with Gasteiger partial charge in [-0.25, -0.2) is 0 Å². The average Bonchev–Trinajstić information content (AvgIpc) is 2.58. The van der Waals surface area contributed by atoms with Crippen molar-refractivity contribution in [3.8, 4) is 11.5 Å². The van der Waals surface area contributed by atoms with Gasteiger partial charge in [-0.05, 0) is 38.3 Å². The van der Waals surface area contributed by atoms with Gasteiger partial charge in [0.05, 0.1) is 5.69 Å². The predicted molar refractivity (Wildman–Crippen MR) is 112 cm³/mol. The van der Waals surface area contributed by atoms with E-state index in [-0.39, 0.29) is 23.9 Å². The highest BCUT2D eigenvalue weighted by molar-refractivity contribution is 5.85. The summed E-state index contributed by atoms with van der Waals surface area (Å²) in [6.45, 7) is 8.63. The van der Waals surface area contributed by atoms with Crippen molar-refractivity contribution < 1.29 is 10.2 Å². The van der Waals surface area contributed by atoms with Gasteiger partial charge in [0, 0.05) is 12.1 Å². The molecule has 0 amide bonds. The van der Waals surface area contributed by atoms with Crippen molar-refractivity contribution in [3.63, 3.8) is 0 Å². The number of phenolic OH excluding ortho intramolecular Hbond substituents is 2. The van der Waals surface area contributed by atoms with Gasteiger partial charge in [0.1, 0.15) is 11.5 Å². The highest BCUT2D eigenvalue weighted by Gasteiger charge is 2.15. The van der Waals surface area contributed by atoms with Gasteiger partial charge in [-0.3, -0.25) is 0 Å². The SMILES string of the molecule is CCCCCCCCCCCCNc1c(C)c(O)c(C)c(C)c1O.Cl. The minimum absolute atomic E-state index is 0. The van der Waals surface area contributed by atoms with E-state index in [4.69, 9.17) is 0 Å². The molecule has 1 aromatic rings.